The van der Waals surface area contributed by atoms with Crippen LogP contribution in [0.25, 0.3) is 0 Å². The van der Waals surface area contributed by atoms with Crippen LogP contribution in [0.3, 0.4) is 0 Å². The Morgan fingerprint density at radius 3 is 2.81 bits per heavy atom. The molecule has 2 rings (SSSR count). The minimum atomic E-state index is -0.192. The molecule has 1 saturated heterocycles. The summed E-state index contributed by atoms with van der Waals surface area (Å²) >= 11 is 0. The molecule has 0 aromatic heterocycles. The molecule has 1 aliphatic rings. The smallest absolute Gasteiger partial charge is 0.0871 e. The van der Waals surface area contributed by atoms with Crippen molar-refractivity contribution in [2.75, 3.05) is 20.2 Å². The fraction of sp³-hybridized carbons (Fsp3) is 0.571. The van der Waals surface area contributed by atoms with Gasteiger partial charge in [-0.3, -0.25) is 0 Å². The summed E-state index contributed by atoms with van der Waals surface area (Å²) in [6.45, 7) is 6.47. The largest absolute Gasteiger partial charge is 0.374 e. The Bertz CT molecular complexity index is 354. The van der Waals surface area contributed by atoms with Crippen LogP contribution in [0.1, 0.15) is 37.3 Å². The van der Waals surface area contributed by atoms with E-state index in [1.807, 2.05) is 0 Å². The molecule has 0 aliphatic carbocycles. The molecule has 1 N–H and O–H groups in total. The van der Waals surface area contributed by atoms with Gasteiger partial charge in [0.2, 0.25) is 0 Å². The van der Waals surface area contributed by atoms with Crippen LogP contribution in [0.4, 0.5) is 0 Å². The molecule has 1 aliphatic heterocycles. The lowest BCUT2D eigenvalue weighted by Crippen LogP contribution is -2.19. The molecule has 16 heavy (non-hydrogen) atoms. The number of rotatable bonds is 3. The first-order valence-corrected chi connectivity index (χ1v) is 6.00. The van der Waals surface area contributed by atoms with Crippen molar-refractivity contribution in [1.29, 1.82) is 0 Å². The van der Waals surface area contributed by atoms with Gasteiger partial charge in [0.05, 0.1) is 5.60 Å². The molecule has 1 fully saturated rings. The maximum absolute atomic E-state index is 5.53. The summed E-state index contributed by atoms with van der Waals surface area (Å²) in [5.41, 5.74) is 2.51. The van der Waals surface area contributed by atoms with E-state index in [0.29, 0.717) is 5.92 Å². The van der Waals surface area contributed by atoms with E-state index in [-0.39, 0.29) is 5.60 Å². The third-order valence-corrected chi connectivity index (χ3v) is 3.62. The Morgan fingerprint density at radius 2 is 2.19 bits per heavy atom. The lowest BCUT2D eigenvalue weighted by atomic mass is 9.91. The highest BCUT2D eigenvalue weighted by atomic mass is 16.5. The van der Waals surface area contributed by atoms with Gasteiger partial charge in [-0.1, -0.05) is 24.3 Å². The second kappa shape index (κ2) is 4.56. The second-order valence-corrected chi connectivity index (χ2v) is 5.03. The van der Waals surface area contributed by atoms with Crippen LogP contribution in [0.2, 0.25) is 0 Å². The quantitative estimate of drug-likeness (QED) is 0.844. The summed E-state index contributed by atoms with van der Waals surface area (Å²) in [6.07, 6.45) is 1.25. The summed E-state index contributed by atoms with van der Waals surface area (Å²) in [5.74, 6) is 0.674. The molecular formula is C14H21NO. The highest BCUT2D eigenvalue weighted by Crippen LogP contribution is 2.28. The van der Waals surface area contributed by atoms with Gasteiger partial charge in [0, 0.05) is 13.7 Å². The van der Waals surface area contributed by atoms with E-state index in [2.05, 4.69) is 43.4 Å². The molecule has 2 heteroatoms. The Hall–Kier alpha value is -0.860. The Labute approximate surface area is 98.0 Å². The Balaban J connectivity index is 2.25. The van der Waals surface area contributed by atoms with Gasteiger partial charge in [-0.25, -0.2) is 0 Å². The number of ether oxygens (including phenoxy) is 1. The molecular weight excluding hydrogens is 198 g/mol. The van der Waals surface area contributed by atoms with Crippen LogP contribution in [0.15, 0.2) is 24.3 Å². The SMILES string of the molecule is COC(C)(C)c1cccc(C2CCNC2)c1. The first-order chi connectivity index (χ1) is 7.63. The minimum Gasteiger partial charge on any atom is -0.374 e. The summed E-state index contributed by atoms with van der Waals surface area (Å²) in [6, 6.07) is 8.81. The van der Waals surface area contributed by atoms with Crippen molar-refractivity contribution >= 4 is 0 Å². The van der Waals surface area contributed by atoms with Gasteiger partial charge < -0.3 is 10.1 Å². The molecule has 0 bridgehead atoms. The highest BCUT2D eigenvalue weighted by molar-refractivity contribution is 5.30. The first-order valence-electron chi connectivity index (χ1n) is 6.00. The molecule has 0 saturated carbocycles. The van der Waals surface area contributed by atoms with Gasteiger partial charge in [-0.2, -0.15) is 0 Å². The third-order valence-electron chi connectivity index (χ3n) is 3.62. The lowest BCUT2D eigenvalue weighted by Gasteiger charge is -2.24. The lowest BCUT2D eigenvalue weighted by molar-refractivity contribution is 0.0191. The number of benzene rings is 1. The zero-order chi connectivity index (χ0) is 11.6. The Kier molecular flexibility index (Phi) is 3.31. The normalized spacial score (nSPS) is 21.3. The fourth-order valence-electron chi connectivity index (χ4n) is 2.22. The monoisotopic (exact) mass is 219 g/mol. The predicted molar refractivity (Wildman–Crippen MR) is 66.7 cm³/mol. The summed E-state index contributed by atoms with van der Waals surface area (Å²) < 4.78 is 5.53. The molecule has 1 atom stereocenters. The molecule has 0 amide bonds. The maximum atomic E-state index is 5.53. The summed E-state index contributed by atoms with van der Waals surface area (Å²) in [4.78, 5) is 0. The number of methoxy groups -OCH3 is 1. The van der Waals surface area contributed by atoms with Crippen LogP contribution in [-0.2, 0) is 10.3 Å². The van der Waals surface area contributed by atoms with Crippen molar-refractivity contribution in [3.63, 3.8) is 0 Å². The van der Waals surface area contributed by atoms with E-state index in [0.717, 1.165) is 13.1 Å². The van der Waals surface area contributed by atoms with E-state index >= 15 is 0 Å². The molecule has 0 radical (unpaired) electrons. The van der Waals surface area contributed by atoms with Gasteiger partial charge in [0.25, 0.3) is 0 Å². The van der Waals surface area contributed by atoms with Crippen LogP contribution in [0.5, 0.6) is 0 Å². The van der Waals surface area contributed by atoms with Crippen LogP contribution >= 0.6 is 0 Å². The Morgan fingerprint density at radius 1 is 1.38 bits per heavy atom. The van der Waals surface area contributed by atoms with Gasteiger partial charge in [0.15, 0.2) is 0 Å². The molecule has 1 aromatic rings. The molecule has 88 valence electrons. The zero-order valence-corrected chi connectivity index (χ0v) is 10.4. The highest BCUT2D eigenvalue weighted by Gasteiger charge is 2.22. The van der Waals surface area contributed by atoms with Crippen molar-refractivity contribution in [3.8, 4) is 0 Å². The van der Waals surface area contributed by atoms with Crippen molar-refractivity contribution in [2.45, 2.75) is 31.8 Å². The molecule has 1 unspecified atom stereocenters. The van der Waals surface area contributed by atoms with E-state index in [1.165, 1.54) is 17.5 Å². The molecule has 1 heterocycles. The average Bonchev–Trinajstić information content (AvgIpc) is 2.83. The number of hydrogen-bond acceptors (Lipinski definition) is 2. The molecule has 1 aromatic carbocycles. The van der Waals surface area contributed by atoms with Gasteiger partial charge in [-0.05, 0) is 43.9 Å². The van der Waals surface area contributed by atoms with Crippen LogP contribution < -0.4 is 5.32 Å². The predicted octanol–water partition coefficient (Wildman–Crippen LogP) is 2.65. The van der Waals surface area contributed by atoms with Crippen molar-refractivity contribution in [3.05, 3.63) is 35.4 Å². The van der Waals surface area contributed by atoms with E-state index in [1.54, 1.807) is 7.11 Å². The van der Waals surface area contributed by atoms with Crippen molar-refractivity contribution in [2.24, 2.45) is 0 Å². The standard InChI is InChI=1S/C14H21NO/c1-14(2,16-3)13-6-4-5-11(9-13)12-7-8-15-10-12/h4-6,9,12,15H,7-8,10H2,1-3H3. The summed E-state index contributed by atoms with van der Waals surface area (Å²) in [7, 11) is 1.77. The third kappa shape index (κ3) is 2.28. The van der Waals surface area contributed by atoms with Gasteiger partial charge >= 0.3 is 0 Å². The fourth-order valence-corrected chi connectivity index (χ4v) is 2.22. The number of hydrogen-bond donors (Lipinski definition) is 1. The van der Waals surface area contributed by atoms with Crippen molar-refractivity contribution < 1.29 is 4.74 Å². The molecule has 0 spiro atoms. The summed E-state index contributed by atoms with van der Waals surface area (Å²) in [5, 5.41) is 3.41. The van der Waals surface area contributed by atoms with E-state index in [9.17, 15) is 0 Å². The molecule has 2 nitrogen and oxygen atoms in total. The topological polar surface area (TPSA) is 21.3 Å². The maximum Gasteiger partial charge on any atom is 0.0871 e. The minimum absolute atomic E-state index is 0.192. The van der Waals surface area contributed by atoms with E-state index < -0.39 is 0 Å². The number of nitrogens with one attached hydrogen (secondary N) is 1. The zero-order valence-electron chi connectivity index (χ0n) is 10.4. The van der Waals surface area contributed by atoms with Crippen LogP contribution in [-0.4, -0.2) is 20.2 Å². The van der Waals surface area contributed by atoms with E-state index in [4.69, 9.17) is 4.74 Å². The average molecular weight is 219 g/mol. The van der Waals surface area contributed by atoms with Gasteiger partial charge in [-0.15, -0.1) is 0 Å². The first kappa shape index (κ1) is 11.6. The second-order valence-electron chi connectivity index (χ2n) is 5.03. The van der Waals surface area contributed by atoms with Crippen molar-refractivity contribution in [1.82, 2.24) is 5.32 Å². The van der Waals surface area contributed by atoms with Gasteiger partial charge in [0.1, 0.15) is 0 Å². The van der Waals surface area contributed by atoms with Crippen LogP contribution in [0, 0.1) is 0 Å².